The van der Waals surface area contributed by atoms with Gasteiger partial charge in [-0.2, -0.15) is 0 Å². The van der Waals surface area contributed by atoms with Crippen LogP contribution in [0, 0.1) is 0 Å². The summed E-state index contributed by atoms with van der Waals surface area (Å²) in [5, 5.41) is 0.349. The van der Waals surface area contributed by atoms with Crippen LogP contribution in [0.2, 0.25) is 0 Å². The molecule has 0 aliphatic heterocycles. The quantitative estimate of drug-likeness (QED) is 0.222. The Morgan fingerprint density at radius 2 is 1.03 bits per heavy atom. The first-order chi connectivity index (χ1) is 24.6. The van der Waals surface area contributed by atoms with Crippen molar-refractivity contribution < 1.29 is 25.0 Å². The highest BCUT2D eigenvalue weighted by Gasteiger charge is 2.17. The van der Waals surface area contributed by atoms with Crippen LogP contribution < -0.4 is 0 Å². The summed E-state index contributed by atoms with van der Waals surface area (Å²) < 4.78 is 138. The molecule has 8 rings (SSSR count). The zero-order chi connectivity index (χ0) is 37.4. The van der Waals surface area contributed by atoms with E-state index < -0.39 is 102 Å². The van der Waals surface area contributed by atoms with Crippen LogP contribution in [0.1, 0.15) is 20.6 Å². The lowest BCUT2D eigenvalue weighted by Crippen LogP contribution is -1.90. The molecule has 0 unspecified atom stereocenters. The molecule has 0 aliphatic carbocycles. The Bertz CT molecular complexity index is 2890. The van der Waals surface area contributed by atoms with Crippen molar-refractivity contribution in [2.24, 2.45) is 0 Å². The summed E-state index contributed by atoms with van der Waals surface area (Å²) in [6.07, 6.45) is 0. The monoisotopic (exact) mass is 485 g/mol. The van der Waals surface area contributed by atoms with E-state index in [1.165, 1.54) is 0 Å². The van der Waals surface area contributed by atoms with Crippen molar-refractivity contribution in [3.05, 3.63) is 133 Å². The van der Waals surface area contributed by atoms with E-state index in [1.807, 2.05) is 24.3 Å². The molecule has 0 radical (unpaired) electrons. The van der Waals surface area contributed by atoms with Gasteiger partial charge < -0.3 is 4.42 Å². The van der Waals surface area contributed by atoms with Crippen molar-refractivity contribution >= 4 is 54.3 Å². The highest BCUT2D eigenvalue weighted by molar-refractivity contribution is 6.22. The fraction of sp³-hybridized carbons (Fsp3) is 0. The molecule has 0 saturated heterocycles. The smallest absolute Gasteiger partial charge is 0.136 e. The van der Waals surface area contributed by atoms with Crippen molar-refractivity contribution in [2.75, 3.05) is 0 Å². The molecule has 0 amide bonds. The van der Waals surface area contributed by atoms with Crippen molar-refractivity contribution in [1.29, 1.82) is 0 Å². The van der Waals surface area contributed by atoms with E-state index in [2.05, 4.69) is 0 Å². The van der Waals surface area contributed by atoms with Gasteiger partial charge in [0, 0.05) is 10.8 Å². The van der Waals surface area contributed by atoms with E-state index in [0.717, 1.165) is 10.8 Å². The molecule has 0 fully saturated rings. The Morgan fingerprint density at radius 3 is 1.73 bits per heavy atom. The average molecular weight is 486 g/mol. The second-order valence-corrected chi connectivity index (χ2v) is 8.57. The molecule has 1 heterocycles. The highest BCUT2D eigenvalue weighted by Crippen LogP contribution is 2.45. The molecule has 0 spiro atoms. The molecular formula is C36H22O. The number of para-hydroxylation sites is 1. The van der Waals surface area contributed by atoms with Crippen LogP contribution in [-0.2, 0) is 0 Å². The first-order valence-electron chi connectivity index (χ1n) is 19.0. The number of rotatable bonds is 2. The van der Waals surface area contributed by atoms with Gasteiger partial charge in [-0.25, -0.2) is 0 Å². The lowest BCUT2D eigenvalue weighted by molar-refractivity contribution is 0.669. The van der Waals surface area contributed by atoms with Crippen molar-refractivity contribution in [2.45, 2.75) is 0 Å². The predicted molar refractivity (Wildman–Crippen MR) is 157 cm³/mol. The van der Waals surface area contributed by atoms with Gasteiger partial charge in [-0.3, -0.25) is 0 Å². The Balaban J connectivity index is 1.69. The summed E-state index contributed by atoms with van der Waals surface area (Å²) in [6.45, 7) is 0. The third-order valence-corrected chi connectivity index (χ3v) is 6.55. The van der Waals surface area contributed by atoms with Crippen LogP contribution in [0.15, 0.2) is 138 Å². The fourth-order valence-electron chi connectivity index (χ4n) is 4.93. The van der Waals surface area contributed by atoms with E-state index in [-0.39, 0.29) is 49.0 Å². The van der Waals surface area contributed by atoms with E-state index in [0.29, 0.717) is 5.56 Å². The molecule has 0 N–H and O–H groups in total. The molecule has 37 heavy (non-hydrogen) atoms. The van der Waals surface area contributed by atoms with Crippen LogP contribution in [0.25, 0.3) is 76.5 Å². The van der Waals surface area contributed by atoms with Crippen molar-refractivity contribution in [3.63, 3.8) is 0 Å². The Labute approximate surface area is 235 Å². The summed E-state index contributed by atoms with van der Waals surface area (Å²) in [5.41, 5.74) is -1.06. The fourth-order valence-corrected chi connectivity index (χ4v) is 4.93. The van der Waals surface area contributed by atoms with Crippen LogP contribution in [0.5, 0.6) is 0 Å². The standard InChI is InChI=1S/C36H22O/c1-2-10-24-21-25(18-17-23(24)9-1)35-29-12-3-5-14-31(29)36(32-15-6-4-13-30(32)35)26-19-20-28-27-11-7-8-16-33(27)37-34(28)22-26/h1-22H/i3D,4D,5D,6D,7D,8D,11D,12D,13D,14D,15D,16D,19D,20D,22D. The molecule has 0 saturated carbocycles. The number of hydrogen-bond acceptors (Lipinski definition) is 1. The van der Waals surface area contributed by atoms with Gasteiger partial charge >= 0.3 is 0 Å². The van der Waals surface area contributed by atoms with Gasteiger partial charge in [0.05, 0.1) is 20.6 Å². The van der Waals surface area contributed by atoms with E-state index in [1.54, 1.807) is 18.2 Å². The minimum absolute atomic E-state index is 0.0797. The van der Waals surface area contributed by atoms with Gasteiger partial charge in [-0.15, -0.1) is 0 Å². The maximum atomic E-state index is 9.40. The number of furan rings is 1. The topological polar surface area (TPSA) is 13.1 Å². The molecule has 1 heteroatoms. The third kappa shape index (κ3) is 3.04. The maximum absolute atomic E-state index is 9.40. The van der Waals surface area contributed by atoms with E-state index in [4.69, 9.17) is 19.5 Å². The minimum atomic E-state index is -0.687. The molecule has 1 nitrogen and oxygen atoms in total. The molecular weight excluding hydrogens is 448 g/mol. The van der Waals surface area contributed by atoms with Crippen LogP contribution >= 0.6 is 0 Å². The predicted octanol–water partition coefficient (Wildman–Crippen LogP) is 10.4. The lowest BCUT2D eigenvalue weighted by Gasteiger charge is -2.18. The first kappa shape index (κ1) is 10.6. The van der Waals surface area contributed by atoms with Crippen LogP contribution in [0.4, 0.5) is 0 Å². The molecule has 0 atom stereocenters. The minimum Gasteiger partial charge on any atom is -0.456 e. The largest absolute Gasteiger partial charge is 0.456 e. The molecule has 8 aromatic rings. The van der Waals surface area contributed by atoms with Gasteiger partial charge in [-0.1, -0.05) is 109 Å². The Morgan fingerprint density at radius 1 is 0.459 bits per heavy atom. The third-order valence-electron chi connectivity index (χ3n) is 6.55. The summed E-state index contributed by atoms with van der Waals surface area (Å²) >= 11 is 0. The highest BCUT2D eigenvalue weighted by atomic mass is 16.3. The lowest BCUT2D eigenvalue weighted by atomic mass is 9.85. The second kappa shape index (κ2) is 7.81. The Kier molecular flexibility index (Phi) is 2.24. The van der Waals surface area contributed by atoms with Crippen LogP contribution in [-0.4, -0.2) is 0 Å². The maximum Gasteiger partial charge on any atom is 0.136 e. The van der Waals surface area contributed by atoms with Gasteiger partial charge in [0.25, 0.3) is 0 Å². The molecule has 0 bridgehead atoms. The van der Waals surface area contributed by atoms with Gasteiger partial charge in [-0.05, 0) is 78.8 Å². The summed E-state index contributed by atoms with van der Waals surface area (Å²) in [7, 11) is 0. The zero-order valence-electron chi connectivity index (χ0n) is 33.9. The molecule has 172 valence electrons. The number of hydrogen-bond donors (Lipinski definition) is 0. The molecule has 0 aliphatic rings. The zero-order valence-corrected chi connectivity index (χ0v) is 18.9. The van der Waals surface area contributed by atoms with Crippen molar-refractivity contribution in [3.8, 4) is 22.3 Å². The first-order valence-corrected chi connectivity index (χ1v) is 11.5. The number of fused-ring (bicyclic) bond motifs is 6. The van der Waals surface area contributed by atoms with E-state index >= 15 is 0 Å². The Hall–Kier alpha value is -4.88. The van der Waals surface area contributed by atoms with Gasteiger partial charge in [0.1, 0.15) is 11.2 Å². The van der Waals surface area contributed by atoms with Crippen molar-refractivity contribution in [1.82, 2.24) is 0 Å². The SMILES string of the molecule is [2H]c1c([2H])c([2H])c2c(oc3c([2H])c(-c4c5c([2H])c([2H])c([2H])c([2H])c5c(-c5ccc6ccccc6c5)c5c([2H])c([2H])c([2H])c([2H])c45)c([2H])c([2H])c32)c1[2H]. The number of benzene rings is 7. The van der Waals surface area contributed by atoms with Gasteiger partial charge in [0.2, 0.25) is 0 Å². The summed E-state index contributed by atoms with van der Waals surface area (Å²) in [4.78, 5) is 0. The molecule has 7 aromatic carbocycles. The van der Waals surface area contributed by atoms with Gasteiger partial charge in [0.15, 0.2) is 0 Å². The molecule has 1 aromatic heterocycles. The average Bonchev–Trinajstić information content (AvgIpc) is 3.55. The van der Waals surface area contributed by atoms with Crippen LogP contribution in [0.3, 0.4) is 0 Å². The van der Waals surface area contributed by atoms with E-state index in [9.17, 15) is 5.48 Å². The second-order valence-electron chi connectivity index (χ2n) is 8.57. The summed E-state index contributed by atoms with van der Waals surface area (Å²) in [5.74, 6) is 0. The normalized spacial score (nSPS) is 17.5. The summed E-state index contributed by atoms with van der Waals surface area (Å²) in [6, 6.07) is 3.39.